The molecule has 0 radical (unpaired) electrons. The Morgan fingerprint density at radius 2 is 1.79 bits per heavy atom. The van der Waals surface area contributed by atoms with Crippen LogP contribution in [-0.4, -0.2) is 16.6 Å². The van der Waals surface area contributed by atoms with E-state index >= 15 is 0 Å². The maximum atomic E-state index is 9.39. The van der Waals surface area contributed by atoms with Crippen LogP contribution >= 0.6 is 11.6 Å². The number of aromatic nitrogens is 2. The Bertz CT molecular complexity index is 1030. The Labute approximate surface area is 167 Å². The summed E-state index contributed by atoms with van der Waals surface area (Å²) in [6.07, 6.45) is 0. The van der Waals surface area contributed by atoms with Gasteiger partial charge in [0.15, 0.2) is 11.5 Å². The van der Waals surface area contributed by atoms with Gasteiger partial charge in [-0.15, -0.1) is 0 Å². The van der Waals surface area contributed by atoms with Crippen molar-refractivity contribution in [2.75, 3.05) is 18.1 Å². The van der Waals surface area contributed by atoms with E-state index in [4.69, 9.17) is 32.5 Å². The van der Waals surface area contributed by atoms with Gasteiger partial charge in [-0.2, -0.15) is 10.2 Å². The van der Waals surface area contributed by atoms with Crippen LogP contribution in [0.5, 0.6) is 11.5 Å². The van der Waals surface area contributed by atoms with Crippen molar-refractivity contribution in [1.82, 2.24) is 9.97 Å². The molecule has 3 rings (SSSR count). The van der Waals surface area contributed by atoms with Gasteiger partial charge < -0.3 is 20.9 Å². The van der Waals surface area contributed by atoms with Crippen LogP contribution in [0.4, 0.5) is 11.8 Å². The van der Waals surface area contributed by atoms with Crippen molar-refractivity contribution in [2.45, 2.75) is 13.5 Å². The zero-order valence-corrected chi connectivity index (χ0v) is 15.9. The maximum absolute atomic E-state index is 9.39. The summed E-state index contributed by atoms with van der Waals surface area (Å²) >= 11 is 5.91. The second-order valence-corrected chi connectivity index (χ2v) is 6.25. The van der Waals surface area contributed by atoms with Gasteiger partial charge in [-0.3, -0.25) is 0 Å². The van der Waals surface area contributed by atoms with Gasteiger partial charge in [0.05, 0.1) is 12.3 Å². The van der Waals surface area contributed by atoms with Crippen molar-refractivity contribution in [2.24, 2.45) is 0 Å². The van der Waals surface area contributed by atoms with Gasteiger partial charge in [0.1, 0.15) is 24.1 Å². The Morgan fingerprint density at radius 3 is 2.46 bits per heavy atom. The molecule has 0 atom stereocenters. The Hall–Kier alpha value is -3.50. The summed E-state index contributed by atoms with van der Waals surface area (Å²) in [5, 5.41) is 10.1. The number of nitriles is 1. The first kappa shape index (κ1) is 19.3. The molecule has 0 amide bonds. The predicted octanol–water partition coefficient (Wildman–Crippen LogP) is 3.81. The molecule has 0 saturated carbocycles. The molecule has 2 aromatic carbocycles. The summed E-state index contributed by atoms with van der Waals surface area (Å²) < 4.78 is 11.6. The van der Waals surface area contributed by atoms with E-state index in [0.29, 0.717) is 41.0 Å². The zero-order chi connectivity index (χ0) is 20.1. The van der Waals surface area contributed by atoms with E-state index in [-0.39, 0.29) is 17.3 Å². The fourth-order valence-corrected chi connectivity index (χ4v) is 2.73. The fourth-order valence-electron chi connectivity index (χ4n) is 2.60. The van der Waals surface area contributed by atoms with E-state index in [0.717, 1.165) is 5.56 Å². The highest BCUT2D eigenvalue weighted by Gasteiger charge is 2.16. The first-order valence-corrected chi connectivity index (χ1v) is 8.87. The molecule has 8 heteroatoms. The lowest BCUT2D eigenvalue weighted by Gasteiger charge is -2.14. The van der Waals surface area contributed by atoms with E-state index in [9.17, 15) is 5.26 Å². The third-order valence-electron chi connectivity index (χ3n) is 3.89. The molecule has 7 nitrogen and oxygen atoms in total. The van der Waals surface area contributed by atoms with Crippen molar-refractivity contribution in [3.63, 3.8) is 0 Å². The first-order chi connectivity index (χ1) is 13.5. The van der Waals surface area contributed by atoms with Gasteiger partial charge in [-0.25, -0.2) is 4.98 Å². The van der Waals surface area contributed by atoms with Gasteiger partial charge >= 0.3 is 0 Å². The molecular formula is C20H18ClN5O2. The van der Waals surface area contributed by atoms with Crippen LogP contribution < -0.4 is 20.9 Å². The number of hydrogen-bond donors (Lipinski definition) is 2. The van der Waals surface area contributed by atoms with Crippen LogP contribution in [0.2, 0.25) is 5.02 Å². The van der Waals surface area contributed by atoms with E-state index < -0.39 is 0 Å². The highest BCUT2D eigenvalue weighted by Crippen LogP contribution is 2.35. The number of anilines is 2. The summed E-state index contributed by atoms with van der Waals surface area (Å²) in [7, 11) is 0. The number of halogens is 1. The third kappa shape index (κ3) is 4.24. The highest BCUT2D eigenvalue weighted by molar-refractivity contribution is 6.30. The minimum Gasteiger partial charge on any atom is -0.490 e. The maximum Gasteiger partial charge on any atom is 0.222 e. The average molecular weight is 396 g/mol. The van der Waals surface area contributed by atoms with Crippen molar-refractivity contribution < 1.29 is 9.47 Å². The molecule has 0 aliphatic heterocycles. The predicted molar refractivity (Wildman–Crippen MR) is 108 cm³/mol. The number of nitrogens with zero attached hydrogens (tertiary/aromatic N) is 3. The second-order valence-electron chi connectivity index (χ2n) is 5.81. The van der Waals surface area contributed by atoms with Crippen LogP contribution in [0.1, 0.15) is 18.1 Å². The normalized spacial score (nSPS) is 10.3. The van der Waals surface area contributed by atoms with Crippen LogP contribution in [0.25, 0.3) is 11.3 Å². The van der Waals surface area contributed by atoms with Gasteiger partial charge in [-0.1, -0.05) is 23.7 Å². The van der Waals surface area contributed by atoms with E-state index in [1.807, 2.05) is 25.1 Å². The molecule has 4 N–H and O–H groups in total. The zero-order valence-electron chi connectivity index (χ0n) is 15.1. The number of rotatable bonds is 6. The summed E-state index contributed by atoms with van der Waals surface area (Å²) in [6.45, 7) is 2.67. The molecule has 28 heavy (non-hydrogen) atoms. The lowest BCUT2D eigenvalue weighted by Crippen LogP contribution is -2.05. The van der Waals surface area contributed by atoms with Crippen LogP contribution in [0.3, 0.4) is 0 Å². The van der Waals surface area contributed by atoms with Crippen molar-refractivity contribution in [3.8, 4) is 28.8 Å². The van der Waals surface area contributed by atoms with Crippen LogP contribution in [0.15, 0.2) is 42.5 Å². The van der Waals surface area contributed by atoms with Gasteiger partial charge in [-0.05, 0) is 42.8 Å². The monoisotopic (exact) mass is 395 g/mol. The number of nitrogen functional groups attached to an aromatic ring is 2. The van der Waals surface area contributed by atoms with Crippen molar-refractivity contribution in [3.05, 3.63) is 58.6 Å². The standard InChI is InChI=1S/C20H18ClN5O2/c1-2-27-17-9-13(18-15(10-22)19(23)26-20(24)25-18)5-8-16(17)28-11-12-3-6-14(21)7-4-12/h3-9H,2,11H2,1H3,(H4,23,24,25,26). The molecule has 0 unspecified atom stereocenters. The fraction of sp³-hybridized carbons (Fsp3) is 0.150. The van der Waals surface area contributed by atoms with Crippen LogP contribution in [0, 0.1) is 11.3 Å². The summed E-state index contributed by atoms with van der Waals surface area (Å²) in [6, 6.07) is 14.7. The van der Waals surface area contributed by atoms with Gasteiger partial charge in [0.2, 0.25) is 5.95 Å². The van der Waals surface area contributed by atoms with Crippen LogP contribution in [-0.2, 0) is 6.61 Å². The molecule has 0 bridgehead atoms. The van der Waals surface area contributed by atoms with Crippen molar-refractivity contribution >= 4 is 23.4 Å². The Kier molecular flexibility index (Phi) is 5.82. The molecular weight excluding hydrogens is 378 g/mol. The third-order valence-corrected chi connectivity index (χ3v) is 4.14. The van der Waals surface area contributed by atoms with E-state index in [2.05, 4.69) is 9.97 Å². The molecule has 0 saturated heterocycles. The number of benzene rings is 2. The van der Waals surface area contributed by atoms with Gasteiger partial charge in [0, 0.05) is 10.6 Å². The minimum atomic E-state index is -0.00692. The lowest BCUT2D eigenvalue weighted by atomic mass is 10.1. The highest BCUT2D eigenvalue weighted by atomic mass is 35.5. The molecule has 1 heterocycles. The van der Waals surface area contributed by atoms with E-state index in [1.165, 1.54) is 0 Å². The molecule has 0 aliphatic rings. The molecule has 0 fully saturated rings. The summed E-state index contributed by atoms with van der Waals surface area (Å²) in [4.78, 5) is 8.00. The number of nitrogens with two attached hydrogens (primary N) is 2. The Balaban J connectivity index is 1.93. The minimum absolute atomic E-state index is 0.00692. The van der Waals surface area contributed by atoms with Gasteiger partial charge in [0.25, 0.3) is 0 Å². The molecule has 1 aromatic heterocycles. The first-order valence-electron chi connectivity index (χ1n) is 8.49. The largest absolute Gasteiger partial charge is 0.490 e. The number of ether oxygens (including phenoxy) is 2. The number of hydrogen-bond acceptors (Lipinski definition) is 7. The summed E-state index contributed by atoms with van der Waals surface area (Å²) in [5.41, 5.74) is 13.6. The van der Waals surface area contributed by atoms with E-state index in [1.54, 1.807) is 30.3 Å². The Morgan fingerprint density at radius 1 is 1.04 bits per heavy atom. The summed E-state index contributed by atoms with van der Waals surface area (Å²) in [5.74, 6) is 1.11. The quantitative estimate of drug-likeness (QED) is 0.650. The molecule has 0 spiro atoms. The molecule has 0 aliphatic carbocycles. The average Bonchev–Trinajstić information content (AvgIpc) is 2.68. The molecule has 3 aromatic rings. The topological polar surface area (TPSA) is 120 Å². The molecule has 142 valence electrons. The van der Waals surface area contributed by atoms with Crippen molar-refractivity contribution in [1.29, 1.82) is 5.26 Å². The second kappa shape index (κ2) is 8.46. The smallest absolute Gasteiger partial charge is 0.222 e. The lowest BCUT2D eigenvalue weighted by molar-refractivity contribution is 0.269. The SMILES string of the molecule is CCOc1cc(-c2nc(N)nc(N)c2C#N)ccc1OCc1ccc(Cl)cc1.